The summed E-state index contributed by atoms with van der Waals surface area (Å²) in [6.45, 7) is 2.69. The minimum atomic E-state index is 0.460. The quantitative estimate of drug-likeness (QED) is 0.390. The van der Waals surface area contributed by atoms with Crippen molar-refractivity contribution < 1.29 is 4.74 Å². The van der Waals surface area contributed by atoms with Gasteiger partial charge in [0, 0.05) is 18.1 Å². The Balaban J connectivity index is 1.26. The molecule has 8 heteroatoms. The molecule has 0 amide bonds. The highest BCUT2D eigenvalue weighted by Crippen LogP contribution is 2.37. The SMILES string of the molecule is Clc1cc(Cl)c(OCC2CC2)c(CC[C@H]2CCCN(c3nc4nc(Cl)ccc4[nH]3)C2)c1. The first-order valence-electron chi connectivity index (χ1n) is 10.9. The van der Waals surface area contributed by atoms with Gasteiger partial charge in [-0.25, -0.2) is 4.98 Å². The van der Waals surface area contributed by atoms with E-state index in [1.807, 2.05) is 12.1 Å². The van der Waals surface area contributed by atoms with Crippen molar-refractivity contribution in [2.45, 2.75) is 38.5 Å². The van der Waals surface area contributed by atoms with Crippen LogP contribution in [0.3, 0.4) is 0 Å². The third kappa shape index (κ3) is 5.05. The summed E-state index contributed by atoms with van der Waals surface area (Å²) in [5.41, 5.74) is 2.68. The summed E-state index contributed by atoms with van der Waals surface area (Å²) >= 11 is 18.8. The molecule has 1 saturated heterocycles. The van der Waals surface area contributed by atoms with Gasteiger partial charge in [0.15, 0.2) is 5.65 Å². The van der Waals surface area contributed by atoms with Gasteiger partial charge in [0.1, 0.15) is 10.9 Å². The van der Waals surface area contributed by atoms with Gasteiger partial charge in [-0.1, -0.05) is 34.8 Å². The van der Waals surface area contributed by atoms with Crippen molar-refractivity contribution in [2.75, 3.05) is 24.6 Å². The van der Waals surface area contributed by atoms with Gasteiger partial charge in [-0.3, -0.25) is 0 Å². The van der Waals surface area contributed by atoms with Crippen molar-refractivity contribution in [1.29, 1.82) is 0 Å². The molecule has 1 N–H and O–H groups in total. The maximum absolute atomic E-state index is 6.47. The Kier molecular flexibility index (Phi) is 6.18. The van der Waals surface area contributed by atoms with Gasteiger partial charge in [0.2, 0.25) is 5.95 Å². The Bertz CT molecular complexity index is 1080. The summed E-state index contributed by atoms with van der Waals surface area (Å²) in [6.07, 6.45) is 6.79. The third-order valence-electron chi connectivity index (χ3n) is 6.19. The molecular weight excluding hydrogens is 455 g/mol. The van der Waals surface area contributed by atoms with Crippen LogP contribution < -0.4 is 9.64 Å². The molecule has 0 unspecified atom stereocenters. The summed E-state index contributed by atoms with van der Waals surface area (Å²) in [4.78, 5) is 14.7. The molecule has 2 aromatic heterocycles. The average molecular weight is 480 g/mol. The van der Waals surface area contributed by atoms with E-state index in [0.717, 1.165) is 61.7 Å². The Morgan fingerprint density at radius 1 is 1.06 bits per heavy atom. The molecule has 3 heterocycles. The van der Waals surface area contributed by atoms with Crippen molar-refractivity contribution >= 4 is 51.9 Å². The number of rotatable bonds is 7. The van der Waals surface area contributed by atoms with Gasteiger partial charge in [-0.05, 0) is 80.2 Å². The number of aromatic amines is 1. The summed E-state index contributed by atoms with van der Waals surface area (Å²) in [5, 5.41) is 1.74. The van der Waals surface area contributed by atoms with Crippen LogP contribution in [0.1, 0.15) is 37.7 Å². The molecule has 0 radical (unpaired) electrons. The van der Waals surface area contributed by atoms with Crippen LogP contribution in [0, 0.1) is 11.8 Å². The summed E-state index contributed by atoms with van der Waals surface area (Å²) in [6, 6.07) is 7.49. The minimum absolute atomic E-state index is 0.460. The maximum Gasteiger partial charge on any atom is 0.205 e. The van der Waals surface area contributed by atoms with Gasteiger partial charge in [0.05, 0.1) is 17.1 Å². The van der Waals surface area contributed by atoms with Crippen LogP contribution in [0.5, 0.6) is 5.75 Å². The van der Waals surface area contributed by atoms with Gasteiger partial charge >= 0.3 is 0 Å². The van der Waals surface area contributed by atoms with E-state index < -0.39 is 0 Å². The number of fused-ring (bicyclic) bond motifs is 1. The number of piperidine rings is 1. The van der Waals surface area contributed by atoms with E-state index in [1.165, 1.54) is 19.3 Å². The van der Waals surface area contributed by atoms with Gasteiger partial charge in [-0.15, -0.1) is 0 Å². The highest BCUT2D eigenvalue weighted by atomic mass is 35.5. The molecule has 0 spiro atoms. The lowest BCUT2D eigenvalue weighted by atomic mass is 9.91. The number of pyridine rings is 1. The Morgan fingerprint density at radius 2 is 1.94 bits per heavy atom. The zero-order valence-corrected chi connectivity index (χ0v) is 19.5. The molecule has 5 nitrogen and oxygen atoms in total. The molecule has 5 rings (SSSR count). The van der Waals surface area contributed by atoms with Crippen molar-refractivity contribution in [3.8, 4) is 5.75 Å². The average Bonchev–Trinajstić information content (AvgIpc) is 3.48. The standard InChI is InChI=1S/C23H25Cl3N4O/c24-17-10-16(21(18(25)11-17)31-13-15-3-4-15)6-5-14-2-1-9-30(12-14)23-27-19-7-8-20(26)28-22(19)29-23/h7-8,10-11,14-15H,1-6,9,12-13H2,(H,27,28,29)/t14-/m1/s1. The fourth-order valence-electron chi connectivity index (χ4n) is 4.31. The lowest BCUT2D eigenvalue weighted by molar-refractivity contribution is 0.295. The summed E-state index contributed by atoms with van der Waals surface area (Å²) in [5.74, 6) is 2.92. The van der Waals surface area contributed by atoms with Crippen LogP contribution in [0.15, 0.2) is 24.3 Å². The number of aromatic nitrogens is 3. The monoisotopic (exact) mass is 478 g/mol. The number of imidazole rings is 1. The lowest BCUT2D eigenvalue weighted by Gasteiger charge is -2.32. The summed E-state index contributed by atoms with van der Waals surface area (Å²) in [7, 11) is 0. The minimum Gasteiger partial charge on any atom is -0.491 e. The molecule has 0 bridgehead atoms. The predicted octanol–water partition coefficient (Wildman–Crippen LogP) is 6.56. The molecular formula is C23H25Cl3N4O. The molecule has 3 aromatic rings. The van der Waals surface area contributed by atoms with Crippen LogP contribution in [0.25, 0.3) is 11.2 Å². The normalized spacial score (nSPS) is 19.2. The van der Waals surface area contributed by atoms with Crippen LogP contribution in [-0.2, 0) is 6.42 Å². The largest absolute Gasteiger partial charge is 0.491 e. The van der Waals surface area contributed by atoms with E-state index in [1.54, 1.807) is 12.1 Å². The zero-order chi connectivity index (χ0) is 21.4. The number of benzene rings is 1. The molecule has 164 valence electrons. The van der Waals surface area contributed by atoms with Crippen molar-refractivity contribution in [3.63, 3.8) is 0 Å². The number of nitrogens with one attached hydrogen (secondary N) is 1. The number of aryl methyl sites for hydroxylation is 1. The highest BCUT2D eigenvalue weighted by molar-refractivity contribution is 6.35. The summed E-state index contributed by atoms with van der Waals surface area (Å²) < 4.78 is 6.09. The van der Waals surface area contributed by atoms with Crippen LogP contribution in [0.4, 0.5) is 5.95 Å². The van der Waals surface area contributed by atoms with Gasteiger partial charge in [0.25, 0.3) is 0 Å². The van der Waals surface area contributed by atoms with Gasteiger partial charge in [-0.2, -0.15) is 4.98 Å². The van der Waals surface area contributed by atoms with Crippen LogP contribution in [0.2, 0.25) is 15.2 Å². The van der Waals surface area contributed by atoms with Crippen LogP contribution >= 0.6 is 34.8 Å². The second-order valence-electron chi connectivity index (χ2n) is 8.69. The number of ether oxygens (including phenoxy) is 1. The number of H-pyrrole nitrogens is 1. The number of halogens is 3. The fourth-order valence-corrected chi connectivity index (χ4v) is 5.04. The molecule has 2 fully saturated rings. The first-order valence-corrected chi connectivity index (χ1v) is 12.1. The van der Waals surface area contributed by atoms with Gasteiger partial charge < -0.3 is 14.6 Å². The van der Waals surface area contributed by atoms with E-state index in [9.17, 15) is 0 Å². The first-order chi connectivity index (χ1) is 15.0. The van der Waals surface area contributed by atoms with E-state index in [4.69, 9.17) is 39.5 Å². The molecule has 1 aliphatic carbocycles. The Labute approximate surface area is 197 Å². The predicted molar refractivity (Wildman–Crippen MR) is 127 cm³/mol. The number of hydrogen-bond donors (Lipinski definition) is 1. The second-order valence-corrected chi connectivity index (χ2v) is 9.92. The van der Waals surface area contributed by atoms with Crippen LogP contribution in [-0.4, -0.2) is 34.6 Å². The highest BCUT2D eigenvalue weighted by Gasteiger charge is 2.25. The maximum atomic E-state index is 6.47. The number of hydrogen-bond acceptors (Lipinski definition) is 4. The number of nitrogens with zero attached hydrogens (tertiary/aromatic N) is 3. The molecule has 1 aromatic carbocycles. The molecule has 1 atom stereocenters. The smallest absolute Gasteiger partial charge is 0.205 e. The zero-order valence-electron chi connectivity index (χ0n) is 17.2. The van der Waals surface area contributed by atoms with E-state index >= 15 is 0 Å². The molecule has 2 aliphatic rings. The van der Waals surface area contributed by atoms with E-state index in [0.29, 0.717) is 32.7 Å². The molecule has 1 aliphatic heterocycles. The second kappa shape index (κ2) is 9.05. The fraction of sp³-hybridized carbons (Fsp3) is 0.478. The molecule has 31 heavy (non-hydrogen) atoms. The lowest BCUT2D eigenvalue weighted by Crippen LogP contribution is -2.36. The topological polar surface area (TPSA) is 54.0 Å². The first kappa shape index (κ1) is 21.2. The Hall–Kier alpha value is -1.69. The van der Waals surface area contributed by atoms with Crippen molar-refractivity contribution in [2.24, 2.45) is 11.8 Å². The van der Waals surface area contributed by atoms with Crippen molar-refractivity contribution in [3.05, 3.63) is 45.0 Å². The van der Waals surface area contributed by atoms with E-state index in [2.05, 4.69) is 19.9 Å². The van der Waals surface area contributed by atoms with Crippen molar-refractivity contribution in [1.82, 2.24) is 15.0 Å². The molecule has 1 saturated carbocycles. The van der Waals surface area contributed by atoms with E-state index in [-0.39, 0.29) is 0 Å². The third-order valence-corrected chi connectivity index (χ3v) is 6.89. The number of anilines is 1. The Morgan fingerprint density at radius 3 is 2.77 bits per heavy atom.